The van der Waals surface area contributed by atoms with Crippen LogP contribution in [0.25, 0.3) is 0 Å². The summed E-state index contributed by atoms with van der Waals surface area (Å²) in [6.07, 6.45) is -9.03. The Labute approximate surface area is 355 Å². The Morgan fingerprint density at radius 2 is 1.31 bits per heavy atom. The summed E-state index contributed by atoms with van der Waals surface area (Å²) in [5.41, 5.74) is 2.69. The number of anilines is 2. The lowest BCUT2D eigenvalue weighted by Crippen LogP contribution is -2.58. The van der Waals surface area contributed by atoms with Gasteiger partial charge in [0.15, 0.2) is 0 Å². The van der Waals surface area contributed by atoms with Gasteiger partial charge in [0, 0.05) is 83.1 Å². The van der Waals surface area contributed by atoms with E-state index in [9.17, 15) is 45.5 Å². The second-order valence-electron chi connectivity index (χ2n) is 16.2. The van der Waals surface area contributed by atoms with E-state index in [1.165, 1.54) is 9.80 Å². The molecule has 3 saturated heterocycles. The number of nitrogens with one attached hydrogen (secondary N) is 2. The number of hydrogen-bond acceptors (Lipinski definition) is 7. The van der Waals surface area contributed by atoms with Gasteiger partial charge in [0.05, 0.1) is 16.8 Å². The maximum absolute atomic E-state index is 14.2. The average Bonchev–Trinajstić information content (AvgIpc) is 3.43. The molecule has 6 amide bonds. The van der Waals surface area contributed by atoms with E-state index in [2.05, 4.69) is 15.5 Å². The van der Waals surface area contributed by atoms with Crippen LogP contribution >= 0.6 is 0 Å². The number of alkyl halides is 6. The molecule has 0 bridgehead atoms. The van der Waals surface area contributed by atoms with Crippen molar-refractivity contribution in [1.82, 2.24) is 29.8 Å². The van der Waals surface area contributed by atoms with E-state index in [4.69, 9.17) is 10.5 Å². The molecule has 13 nitrogen and oxygen atoms in total. The highest BCUT2D eigenvalue weighted by atomic mass is 19.4. The zero-order chi connectivity index (χ0) is 44.2. The summed E-state index contributed by atoms with van der Waals surface area (Å²) < 4.78 is 89.5. The van der Waals surface area contributed by atoms with Crippen LogP contribution in [0, 0.1) is 0 Å². The van der Waals surface area contributed by atoms with Crippen LogP contribution < -0.4 is 16.4 Å². The summed E-state index contributed by atoms with van der Waals surface area (Å²) in [5, 5.41) is 5.59. The minimum Gasteiger partial charge on any atom is -0.445 e. The molecule has 4 N–H and O–H groups in total. The molecular weight excluding hydrogens is 823 g/mol. The number of ether oxygens (including phenoxy) is 1. The molecule has 4 heterocycles. The smallest absolute Gasteiger partial charge is 0.418 e. The highest BCUT2D eigenvalue weighted by Gasteiger charge is 2.42. The highest BCUT2D eigenvalue weighted by molar-refractivity contribution is 5.91. The van der Waals surface area contributed by atoms with Crippen LogP contribution in [0.4, 0.5) is 52.1 Å². The summed E-state index contributed by atoms with van der Waals surface area (Å²) in [4.78, 5) is 62.4. The molecule has 62 heavy (non-hydrogen) atoms. The van der Waals surface area contributed by atoms with Crippen molar-refractivity contribution in [2.75, 3.05) is 70.0 Å². The van der Waals surface area contributed by atoms with Gasteiger partial charge in [-0.05, 0) is 67.0 Å². The first-order chi connectivity index (χ1) is 29.5. The van der Waals surface area contributed by atoms with Crippen LogP contribution in [-0.4, -0.2) is 126 Å². The Bertz CT molecular complexity index is 2050. The van der Waals surface area contributed by atoms with E-state index in [1.54, 1.807) is 9.80 Å². The lowest BCUT2D eigenvalue weighted by molar-refractivity contribution is -0.141. The molecule has 0 radical (unpaired) electrons. The van der Waals surface area contributed by atoms with Gasteiger partial charge in [-0.2, -0.15) is 26.3 Å². The third-order valence-corrected chi connectivity index (χ3v) is 12.3. The van der Waals surface area contributed by atoms with E-state index < -0.39 is 65.2 Å². The molecule has 4 aliphatic heterocycles. The average molecular weight is 873 g/mol. The lowest BCUT2D eigenvalue weighted by Gasteiger charge is -2.43. The molecule has 3 fully saturated rings. The van der Waals surface area contributed by atoms with E-state index in [-0.39, 0.29) is 50.9 Å². The number of amides is 6. The van der Waals surface area contributed by atoms with Gasteiger partial charge < -0.3 is 40.7 Å². The maximum atomic E-state index is 14.2. The molecule has 1 atom stereocenters. The summed E-state index contributed by atoms with van der Waals surface area (Å²) in [6, 6.07) is 15.2. The number of carbonyl (C=O) groups is 4. The molecule has 0 unspecified atom stereocenters. The number of piperidine rings is 2. The van der Waals surface area contributed by atoms with Gasteiger partial charge in [0.1, 0.15) is 12.6 Å². The number of piperazine rings is 1. The molecule has 3 aromatic rings. The maximum Gasteiger partial charge on any atom is 0.418 e. The van der Waals surface area contributed by atoms with Crippen LogP contribution in [-0.2, 0) is 41.3 Å². The number of halogens is 6. The van der Waals surface area contributed by atoms with Crippen molar-refractivity contribution in [2.24, 2.45) is 0 Å². The monoisotopic (exact) mass is 872 g/mol. The number of para-hydroxylation sites is 1. The van der Waals surface area contributed by atoms with E-state index in [0.717, 1.165) is 16.8 Å². The third-order valence-electron chi connectivity index (χ3n) is 12.3. The Hall–Kier alpha value is -5.72. The Kier molecular flexibility index (Phi) is 13.4. The standard InChI is InChI=1S/C43H50F6N8O5/c44-42(45,46)33-24-29(25-34(37(33)50)43(47,48)49)26-36(52-39(59)55-17-13-32(14-18-55)57-19-10-30-8-4-5-9-35(30)51-40(57)60)38(58)54-15-11-31(12-16-54)53-20-22-56(23-21-53)41(61)62-27-28-6-2-1-3-7-28/h1-9,24-25,31-32,36H,10-23,26-27,50H2,(H,51,60)(H,52,59)/t36-/m1/s1. The molecule has 19 heteroatoms. The molecule has 334 valence electrons. The van der Waals surface area contributed by atoms with Crippen LogP contribution in [0.15, 0.2) is 66.7 Å². The predicted molar refractivity (Wildman–Crippen MR) is 217 cm³/mol. The number of benzene rings is 3. The first-order valence-corrected chi connectivity index (χ1v) is 20.8. The number of likely N-dealkylation sites (tertiary alicyclic amines) is 2. The molecule has 0 saturated carbocycles. The fraction of sp³-hybridized carbons (Fsp3) is 0.488. The summed E-state index contributed by atoms with van der Waals surface area (Å²) in [6.45, 7) is 3.50. The van der Waals surface area contributed by atoms with Crippen molar-refractivity contribution >= 4 is 35.4 Å². The van der Waals surface area contributed by atoms with Gasteiger partial charge in [0.25, 0.3) is 0 Å². The number of rotatable bonds is 8. The van der Waals surface area contributed by atoms with Crippen LogP contribution in [0.3, 0.4) is 0 Å². The van der Waals surface area contributed by atoms with Gasteiger partial charge in [-0.15, -0.1) is 0 Å². The number of carbonyl (C=O) groups excluding carboxylic acids is 4. The van der Waals surface area contributed by atoms with Crippen molar-refractivity contribution in [2.45, 2.75) is 75.6 Å². The van der Waals surface area contributed by atoms with E-state index in [0.29, 0.717) is 77.0 Å². The molecule has 0 aromatic heterocycles. The van der Waals surface area contributed by atoms with Gasteiger partial charge >= 0.3 is 30.5 Å². The van der Waals surface area contributed by atoms with Crippen molar-refractivity contribution in [3.05, 3.63) is 94.5 Å². The Morgan fingerprint density at radius 3 is 1.94 bits per heavy atom. The van der Waals surface area contributed by atoms with Crippen molar-refractivity contribution in [3.8, 4) is 0 Å². The zero-order valence-electron chi connectivity index (χ0n) is 34.0. The van der Waals surface area contributed by atoms with E-state index in [1.807, 2.05) is 54.6 Å². The molecule has 3 aromatic carbocycles. The molecular formula is C43H50F6N8O5. The van der Waals surface area contributed by atoms with Gasteiger partial charge in [0.2, 0.25) is 5.91 Å². The second-order valence-corrected chi connectivity index (χ2v) is 16.2. The van der Waals surface area contributed by atoms with Crippen molar-refractivity contribution in [3.63, 3.8) is 0 Å². The topological polar surface area (TPSA) is 144 Å². The fourth-order valence-corrected chi connectivity index (χ4v) is 8.85. The fourth-order valence-electron chi connectivity index (χ4n) is 8.85. The zero-order valence-corrected chi connectivity index (χ0v) is 34.0. The van der Waals surface area contributed by atoms with Crippen molar-refractivity contribution in [1.29, 1.82) is 0 Å². The number of nitrogens with zero attached hydrogens (tertiary/aromatic N) is 5. The molecule has 4 aliphatic rings. The van der Waals surface area contributed by atoms with Crippen molar-refractivity contribution < 1.29 is 50.3 Å². The molecule has 0 aliphatic carbocycles. The first kappa shape index (κ1) is 44.3. The number of urea groups is 2. The first-order valence-electron chi connectivity index (χ1n) is 20.8. The largest absolute Gasteiger partial charge is 0.445 e. The minimum atomic E-state index is -5.23. The molecule has 7 rings (SSSR count). The third kappa shape index (κ3) is 10.5. The second kappa shape index (κ2) is 18.7. The lowest BCUT2D eigenvalue weighted by atomic mass is 9.96. The number of fused-ring (bicyclic) bond motifs is 1. The Balaban J connectivity index is 0.995. The number of nitrogen functional groups attached to an aromatic ring is 1. The van der Waals surface area contributed by atoms with Gasteiger partial charge in [-0.1, -0.05) is 48.5 Å². The van der Waals surface area contributed by atoms with Gasteiger partial charge in [-0.3, -0.25) is 9.69 Å². The summed E-state index contributed by atoms with van der Waals surface area (Å²) in [5.74, 6) is -0.641. The van der Waals surface area contributed by atoms with E-state index >= 15 is 0 Å². The minimum absolute atomic E-state index is 0.0529. The van der Waals surface area contributed by atoms with Gasteiger partial charge in [-0.25, -0.2) is 14.4 Å². The Morgan fingerprint density at radius 1 is 0.726 bits per heavy atom. The quantitative estimate of drug-likeness (QED) is 0.175. The number of nitrogens with two attached hydrogens (primary N) is 1. The summed E-state index contributed by atoms with van der Waals surface area (Å²) >= 11 is 0. The number of hydrogen-bond donors (Lipinski definition) is 3. The van der Waals surface area contributed by atoms with Crippen LogP contribution in [0.1, 0.15) is 53.5 Å². The van der Waals surface area contributed by atoms with Crippen LogP contribution in [0.5, 0.6) is 0 Å². The normalized spacial score (nSPS) is 19.0. The molecule has 0 spiro atoms. The SMILES string of the molecule is Nc1c(C(F)(F)F)cc(C[C@@H](NC(=O)N2CCC(N3CCc4ccccc4NC3=O)CC2)C(=O)N2CCC(N3CCN(C(=O)OCc4ccccc4)CC3)CC2)cc1C(F)(F)F. The predicted octanol–water partition coefficient (Wildman–Crippen LogP) is 6.43. The summed E-state index contributed by atoms with van der Waals surface area (Å²) in [7, 11) is 0. The highest BCUT2D eigenvalue weighted by Crippen LogP contribution is 2.42. The van der Waals surface area contributed by atoms with Crippen LogP contribution in [0.2, 0.25) is 0 Å².